The number of nitrogens with one attached hydrogen (secondary N) is 1. The van der Waals surface area contributed by atoms with E-state index >= 15 is 0 Å². The molecule has 0 amide bonds. The Bertz CT molecular complexity index is 837. The summed E-state index contributed by atoms with van der Waals surface area (Å²) in [5.41, 5.74) is -12.3. The quantitative estimate of drug-likeness (QED) is 0.122. The number of nitrogens with zero attached hydrogens (tertiary/aromatic N) is 2. The summed E-state index contributed by atoms with van der Waals surface area (Å²) >= 11 is 0. The number of hydrogen-bond donors (Lipinski definition) is 1. The predicted molar refractivity (Wildman–Crippen MR) is 141 cm³/mol. The van der Waals surface area contributed by atoms with Crippen molar-refractivity contribution in [3.8, 4) is 0 Å². The summed E-state index contributed by atoms with van der Waals surface area (Å²) in [5, 5.41) is 0. The van der Waals surface area contributed by atoms with Gasteiger partial charge in [-0.3, -0.25) is 0 Å². The van der Waals surface area contributed by atoms with Crippen LogP contribution in [0.1, 0.15) is 110 Å². The van der Waals surface area contributed by atoms with Crippen LogP contribution in [0.25, 0.3) is 0 Å². The second-order valence-electron chi connectivity index (χ2n) is 9.79. The average Bonchev–Trinajstić information content (AvgIpc) is 3.22. The molecule has 0 aromatic carbocycles. The van der Waals surface area contributed by atoms with Gasteiger partial charge in [0.2, 0.25) is 0 Å². The van der Waals surface area contributed by atoms with Gasteiger partial charge in [-0.1, -0.05) is 107 Å². The highest BCUT2D eigenvalue weighted by Gasteiger charge is 2.55. The van der Waals surface area contributed by atoms with Gasteiger partial charge in [0, 0.05) is 26.0 Å². The van der Waals surface area contributed by atoms with Gasteiger partial charge in [-0.05, 0) is 6.42 Å². The lowest BCUT2D eigenvalue weighted by Gasteiger charge is -2.17. The number of hydrogen-bond acceptors (Lipinski definition) is 6. The van der Waals surface area contributed by atoms with E-state index in [9.17, 15) is 43.2 Å². The van der Waals surface area contributed by atoms with Gasteiger partial charge in [-0.15, -0.1) is 0 Å². The number of rotatable bonds is 19. The van der Waals surface area contributed by atoms with Crippen LogP contribution in [0.2, 0.25) is 0 Å². The summed E-state index contributed by atoms with van der Waals surface area (Å²) in [6.45, 7) is 4.61. The molecule has 0 saturated heterocycles. The number of sulfonamides is 2. The first kappa shape index (κ1) is 37.8. The molecule has 1 aliphatic rings. The van der Waals surface area contributed by atoms with Crippen LogP contribution in [0.4, 0.5) is 26.3 Å². The highest BCUT2D eigenvalue weighted by molar-refractivity contribution is 8.05. The van der Waals surface area contributed by atoms with Gasteiger partial charge in [0.25, 0.3) is 0 Å². The van der Waals surface area contributed by atoms with Crippen molar-refractivity contribution in [1.29, 1.82) is 0 Å². The summed E-state index contributed by atoms with van der Waals surface area (Å²) in [6, 6.07) is 0. The first-order valence-electron chi connectivity index (χ1n) is 13.6. The van der Waals surface area contributed by atoms with E-state index < -0.39 is 35.2 Å². The minimum Gasteiger partial charge on any atom is -0.362 e. The molecule has 15 heteroatoms. The zero-order valence-electron chi connectivity index (χ0n) is 23.0. The van der Waals surface area contributed by atoms with Crippen molar-refractivity contribution < 1.29 is 43.2 Å². The molecule has 1 rings (SSSR count). The van der Waals surface area contributed by atoms with Crippen molar-refractivity contribution in [2.75, 3.05) is 20.3 Å². The van der Waals surface area contributed by atoms with Crippen molar-refractivity contribution in [2.24, 2.45) is 0 Å². The van der Waals surface area contributed by atoms with E-state index in [0.717, 1.165) is 6.67 Å². The summed E-state index contributed by atoms with van der Waals surface area (Å²) in [6.07, 6.45) is 27.6. The Morgan fingerprint density at radius 1 is 0.615 bits per heavy atom. The molecule has 0 spiro atoms. The second-order valence-corrected chi connectivity index (χ2v) is 13.4. The van der Waals surface area contributed by atoms with Gasteiger partial charge >= 0.3 is 31.1 Å². The molecule has 0 saturated carbocycles. The van der Waals surface area contributed by atoms with Crippen molar-refractivity contribution in [3.05, 3.63) is 12.4 Å². The Hall–Kier alpha value is -1.22. The lowest BCUT2D eigenvalue weighted by Crippen LogP contribution is -2.45. The molecule has 0 unspecified atom stereocenters. The largest absolute Gasteiger partial charge is 0.512 e. The molecule has 0 radical (unpaired) electrons. The van der Waals surface area contributed by atoms with Gasteiger partial charge in [0.05, 0.1) is 6.67 Å². The van der Waals surface area contributed by atoms with Crippen molar-refractivity contribution >= 4 is 20.0 Å². The Labute approximate surface area is 230 Å². The van der Waals surface area contributed by atoms with E-state index in [0.29, 0.717) is 0 Å². The monoisotopic (exact) mass is 617 g/mol. The summed E-state index contributed by atoms with van der Waals surface area (Å²) < 4.78 is 108. The standard InChI is InChI=1S/C22H44N2.C2HF6NO4S2/c1-3-4-5-6-7-8-9-10-11-12-13-14-15-16-17-18-19-24-21-20-23(2)22-24;3-1(4,5)14(10,11)9-15(12,13)2(6,7)8/h20-21H,3-19,22H2,1-2H3;9H. The molecule has 7 nitrogen and oxygen atoms in total. The molecule has 1 heterocycles. The summed E-state index contributed by atoms with van der Waals surface area (Å²) in [4.78, 5) is 4.66. The smallest absolute Gasteiger partial charge is 0.362 e. The highest BCUT2D eigenvalue weighted by atomic mass is 32.3. The predicted octanol–water partition coefficient (Wildman–Crippen LogP) is 7.20. The third-order valence-corrected chi connectivity index (χ3v) is 9.04. The average molecular weight is 618 g/mol. The Kier molecular flexibility index (Phi) is 18.4. The maximum atomic E-state index is 11.5. The van der Waals surface area contributed by atoms with Gasteiger partial charge in [0.1, 0.15) is 0 Å². The molecular weight excluding hydrogens is 572 g/mol. The van der Waals surface area contributed by atoms with Gasteiger partial charge < -0.3 is 9.80 Å². The van der Waals surface area contributed by atoms with E-state index in [-0.39, 0.29) is 0 Å². The first-order chi connectivity index (χ1) is 18.0. The van der Waals surface area contributed by atoms with E-state index in [1.165, 1.54) is 109 Å². The maximum Gasteiger partial charge on any atom is 0.512 e. The van der Waals surface area contributed by atoms with E-state index in [1.54, 1.807) is 0 Å². The first-order valence-corrected chi connectivity index (χ1v) is 16.5. The third kappa shape index (κ3) is 18.0. The zero-order valence-corrected chi connectivity index (χ0v) is 24.6. The van der Waals surface area contributed by atoms with Crippen LogP contribution in [0.5, 0.6) is 0 Å². The van der Waals surface area contributed by atoms with E-state index in [2.05, 4.69) is 36.2 Å². The fourth-order valence-electron chi connectivity index (χ4n) is 3.84. The van der Waals surface area contributed by atoms with Gasteiger partial charge in [0.15, 0.2) is 0 Å². The molecular formula is C24H45F6N3O4S2. The fraction of sp³-hybridized carbons (Fsp3) is 0.917. The Morgan fingerprint density at radius 2 is 0.949 bits per heavy atom. The van der Waals surface area contributed by atoms with Gasteiger partial charge in [-0.2, -0.15) is 26.3 Å². The van der Waals surface area contributed by atoms with Gasteiger partial charge in [-0.25, -0.2) is 16.8 Å². The normalized spacial score (nSPS) is 14.6. The van der Waals surface area contributed by atoms with Crippen LogP contribution in [-0.2, 0) is 20.0 Å². The lowest BCUT2D eigenvalue weighted by atomic mass is 10.0. The van der Waals surface area contributed by atoms with Crippen LogP contribution in [0.3, 0.4) is 0 Å². The molecule has 0 bridgehead atoms. The summed E-state index contributed by atoms with van der Waals surface area (Å²) in [7, 11) is -11.1. The van der Waals surface area contributed by atoms with Crippen LogP contribution in [-0.4, -0.2) is 57.9 Å². The van der Waals surface area contributed by atoms with Crippen molar-refractivity contribution in [2.45, 2.75) is 121 Å². The van der Waals surface area contributed by atoms with Crippen LogP contribution in [0, 0.1) is 0 Å². The molecule has 0 aromatic rings. The molecule has 234 valence electrons. The fourth-order valence-corrected chi connectivity index (χ4v) is 5.75. The minimum absolute atomic E-state index is 0.493. The van der Waals surface area contributed by atoms with Crippen LogP contribution >= 0.6 is 0 Å². The number of alkyl halides is 6. The van der Waals surface area contributed by atoms with Crippen molar-refractivity contribution in [3.63, 3.8) is 0 Å². The molecule has 1 aliphatic heterocycles. The molecule has 0 aliphatic carbocycles. The SMILES string of the molecule is CCCCCCCCCCCCCCCCCCN1C=CN(C)C1.O=S(=O)(NS(=O)(=O)C(F)(F)F)C(F)(F)F. The van der Waals surface area contributed by atoms with Crippen LogP contribution in [0.15, 0.2) is 12.4 Å². The lowest BCUT2D eigenvalue weighted by molar-refractivity contribution is -0.0476. The molecule has 39 heavy (non-hydrogen) atoms. The second kappa shape index (κ2) is 19.0. The Morgan fingerprint density at radius 3 is 1.23 bits per heavy atom. The molecule has 0 atom stereocenters. The highest BCUT2D eigenvalue weighted by Crippen LogP contribution is 2.27. The molecule has 0 fully saturated rings. The third-order valence-electron chi connectivity index (χ3n) is 6.06. The topological polar surface area (TPSA) is 86.8 Å². The van der Waals surface area contributed by atoms with E-state index in [4.69, 9.17) is 0 Å². The Balaban J connectivity index is 0.000000830. The summed E-state index contributed by atoms with van der Waals surface area (Å²) in [5.74, 6) is 0. The van der Waals surface area contributed by atoms with Crippen molar-refractivity contribution in [1.82, 2.24) is 13.9 Å². The molecule has 1 N–H and O–H groups in total. The zero-order chi connectivity index (χ0) is 30.0. The van der Waals surface area contributed by atoms with Crippen LogP contribution < -0.4 is 4.13 Å². The number of halogens is 6. The maximum absolute atomic E-state index is 11.5. The molecule has 0 aromatic heterocycles. The minimum atomic E-state index is -6.60. The van der Waals surface area contributed by atoms with E-state index in [1.807, 2.05) is 0 Å². The number of unbranched alkanes of at least 4 members (excludes halogenated alkanes) is 15.